The fraction of sp³-hybridized carbons (Fsp3) is 0.552. The molecule has 2 aromatic rings. The van der Waals surface area contributed by atoms with Gasteiger partial charge in [-0.15, -0.1) is 11.3 Å². The number of aliphatic hydroxyl groups is 1. The summed E-state index contributed by atoms with van der Waals surface area (Å²) in [4.78, 5) is 57.7. The minimum absolute atomic E-state index is 0.0936. The van der Waals surface area contributed by atoms with Gasteiger partial charge >= 0.3 is 18.0 Å². The van der Waals surface area contributed by atoms with Crippen LogP contribution >= 0.6 is 11.3 Å². The third-order valence-corrected chi connectivity index (χ3v) is 7.51. The maximum atomic E-state index is 13.5. The highest BCUT2D eigenvalue weighted by Crippen LogP contribution is 2.33. The molecular formula is C29H39N3O8S. The highest BCUT2D eigenvalue weighted by atomic mass is 32.1. The van der Waals surface area contributed by atoms with Crippen LogP contribution in [0.2, 0.25) is 0 Å². The number of amides is 2. The van der Waals surface area contributed by atoms with Crippen LogP contribution in [-0.4, -0.2) is 75.7 Å². The number of methoxy groups -OCH3 is 1. The molecular weight excluding hydrogens is 550 g/mol. The van der Waals surface area contributed by atoms with Crippen molar-refractivity contribution < 1.29 is 38.5 Å². The summed E-state index contributed by atoms with van der Waals surface area (Å²) in [6.45, 7) is 10.9. The molecule has 0 saturated heterocycles. The topological polar surface area (TPSA) is 136 Å². The Labute approximate surface area is 244 Å². The zero-order valence-electron chi connectivity index (χ0n) is 24.6. The summed E-state index contributed by atoms with van der Waals surface area (Å²) in [6, 6.07) is 6.46. The maximum absolute atomic E-state index is 13.5. The van der Waals surface area contributed by atoms with Crippen molar-refractivity contribution in [2.45, 2.75) is 78.4 Å². The Bertz CT molecular complexity index is 1250. The molecule has 12 heteroatoms. The van der Waals surface area contributed by atoms with Crippen LogP contribution in [-0.2, 0) is 19.0 Å². The standard InChI is InChI=1S/C29H39N3O8S/c1-17(2)22(15-23(39-18(3)33)24-30-21(16-41-24)27(36)38-7)31(28(37)40-29(4,5)6)13-10-14-32-25(34)19-11-8-9-12-20(19)26(32)35/h8-9,11-12,16-17,22-23,25,34H,10,13-15H2,1-7H3/t22-,23-,25?/m1/s1. The monoisotopic (exact) mass is 589 g/mol. The van der Waals surface area contributed by atoms with E-state index in [4.69, 9.17) is 14.2 Å². The van der Waals surface area contributed by atoms with Crippen molar-refractivity contribution in [2.24, 2.45) is 5.92 Å². The summed E-state index contributed by atoms with van der Waals surface area (Å²) in [6.07, 6.45) is -1.88. The van der Waals surface area contributed by atoms with Gasteiger partial charge in [0.05, 0.1) is 7.11 Å². The summed E-state index contributed by atoms with van der Waals surface area (Å²) in [5.74, 6) is -1.50. The third-order valence-electron chi connectivity index (χ3n) is 6.58. The summed E-state index contributed by atoms with van der Waals surface area (Å²) in [7, 11) is 1.26. The van der Waals surface area contributed by atoms with Gasteiger partial charge in [-0.2, -0.15) is 0 Å². The quantitative estimate of drug-likeness (QED) is 0.292. The first-order valence-corrected chi connectivity index (χ1v) is 14.4. The van der Waals surface area contributed by atoms with Gasteiger partial charge < -0.3 is 29.1 Å². The van der Waals surface area contributed by atoms with Crippen LogP contribution in [0.3, 0.4) is 0 Å². The molecule has 1 aromatic carbocycles. The van der Waals surface area contributed by atoms with E-state index in [9.17, 15) is 24.3 Å². The molecule has 0 fully saturated rings. The van der Waals surface area contributed by atoms with E-state index in [2.05, 4.69) is 4.98 Å². The molecule has 41 heavy (non-hydrogen) atoms. The van der Waals surface area contributed by atoms with Gasteiger partial charge in [0.2, 0.25) is 0 Å². The van der Waals surface area contributed by atoms with Gasteiger partial charge in [0.1, 0.15) is 10.6 Å². The van der Waals surface area contributed by atoms with E-state index in [1.165, 1.54) is 24.3 Å². The minimum atomic E-state index is -1.06. The number of thiazole rings is 1. The summed E-state index contributed by atoms with van der Waals surface area (Å²) in [5, 5.41) is 12.7. The fourth-order valence-electron chi connectivity index (χ4n) is 4.71. The lowest BCUT2D eigenvalue weighted by Crippen LogP contribution is -2.47. The first-order chi connectivity index (χ1) is 19.2. The molecule has 0 aliphatic carbocycles. The average Bonchev–Trinajstić information content (AvgIpc) is 3.47. The summed E-state index contributed by atoms with van der Waals surface area (Å²) in [5.41, 5.74) is 0.354. The average molecular weight is 590 g/mol. The van der Waals surface area contributed by atoms with Crippen LogP contribution in [0.4, 0.5) is 4.79 Å². The van der Waals surface area contributed by atoms with E-state index in [0.29, 0.717) is 22.6 Å². The predicted octanol–water partition coefficient (Wildman–Crippen LogP) is 4.72. The number of aromatic nitrogens is 1. The number of fused-ring (bicyclic) bond motifs is 1. The number of esters is 2. The normalized spacial score (nSPS) is 16.3. The van der Waals surface area contributed by atoms with Crippen molar-refractivity contribution >= 4 is 35.3 Å². The van der Waals surface area contributed by atoms with Crippen molar-refractivity contribution in [3.63, 3.8) is 0 Å². The largest absolute Gasteiger partial charge is 0.464 e. The maximum Gasteiger partial charge on any atom is 0.410 e. The number of hydrogen-bond donors (Lipinski definition) is 1. The molecule has 2 heterocycles. The Hall–Kier alpha value is -3.51. The van der Waals surface area contributed by atoms with Gasteiger partial charge in [0.25, 0.3) is 5.91 Å². The molecule has 3 atom stereocenters. The second-order valence-corrected chi connectivity index (χ2v) is 12.1. The Morgan fingerprint density at radius 2 is 1.88 bits per heavy atom. The van der Waals surface area contributed by atoms with Gasteiger partial charge in [-0.25, -0.2) is 14.6 Å². The van der Waals surface area contributed by atoms with E-state index in [0.717, 1.165) is 11.3 Å². The lowest BCUT2D eigenvalue weighted by molar-refractivity contribution is -0.148. The number of hydrogen-bond acceptors (Lipinski definition) is 10. The van der Waals surface area contributed by atoms with E-state index in [1.54, 1.807) is 49.9 Å². The molecule has 2 amide bonds. The van der Waals surface area contributed by atoms with E-state index in [1.807, 2.05) is 13.8 Å². The van der Waals surface area contributed by atoms with Crippen LogP contribution in [0.25, 0.3) is 0 Å². The van der Waals surface area contributed by atoms with Gasteiger partial charge in [-0.05, 0) is 39.2 Å². The number of nitrogens with zero attached hydrogens (tertiary/aromatic N) is 3. The van der Waals surface area contributed by atoms with Crippen LogP contribution < -0.4 is 0 Å². The molecule has 0 bridgehead atoms. The van der Waals surface area contributed by atoms with E-state index >= 15 is 0 Å². The molecule has 224 valence electrons. The zero-order chi connectivity index (χ0) is 30.5. The number of ether oxygens (including phenoxy) is 3. The number of aliphatic hydroxyl groups excluding tert-OH is 1. The minimum Gasteiger partial charge on any atom is -0.464 e. The van der Waals surface area contributed by atoms with Crippen molar-refractivity contribution in [2.75, 3.05) is 20.2 Å². The number of carbonyl (C=O) groups is 4. The van der Waals surface area contributed by atoms with Crippen LogP contribution in [0.5, 0.6) is 0 Å². The molecule has 1 N–H and O–H groups in total. The Morgan fingerprint density at radius 3 is 2.46 bits per heavy atom. The van der Waals surface area contributed by atoms with Gasteiger partial charge in [-0.3, -0.25) is 9.59 Å². The molecule has 1 aliphatic rings. The molecule has 11 nitrogen and oxygen atoms in total. The third kappa shape index (κ3) is 8.04. The summed E-state index contributed by atoms with van der Waals surface area (Å²) >= 11 is 1.16. The predicted molar refractivity (Wildman–Crippen MR) is 151 cm³/mol. The number of rotatable bonds is 11. The molecule has 0 spiro atoms. The molecule has 1 aromatic heterocycles. The van der Waals surface area contributed by atoms with Crippen molar-refractivity contribution in [3.05, 3.63) is 51.5 Å². The molecule has 3 rings (SSSR count). The van der Waals surface area contributed by atoms with Gasteiger partial charge in [0, 0.05) is 49.0 Å². The smallest absolute Gasteiger partial charge is 0.410 e. The Balaban J connectivity index is 1.84. The van der Waals surface area contributed by atoms with Crippen LogP contribution in [0.15, 0.2) is 29.6 Å². The number of benzene rings is 1. The van der Waals surface area contributed by atoms with Gasteiger partial charge in [-0.1, -0.05) is 32.0 Å². The van der Waals surface area contributed by atoms with Crippen LogP contribution in [0.1, 0.15) is 98.1 Å². The van der Waals surface area contributed by atoms with E-state index in [-0.39, 0.29) is 37.0 Å². The molecule has 1 aliphatic heterocycles. The Morgan fingerprint density at radius 1 is 1.20 bits per heavy atom. The second kappa shape index (κ2) is 13.4. The lowest BCUT2D eigenvalue weighted by atomic mass is 9.96. The highest BCUT2D eigenvalue weighted by Gasteiger charge is 2.37. The number of carbonyl (C=O) groups excluding carboxylic acids is 4. The van der Waals surface area contributed by atoms with Crippen molar-refractivity contribution in [3.8, 4) is 0 Å². The van der Waals surface area contributed by atoms with Crippen molar-refractivity contribution in [1.29, 1.82) is 0 Å². The lowest BCUT2D eigenvalue weighted by Gasteiger charge is -2.37. The second-order valence-electron chi connectivity index (χ2n) is 11.2. The SMILES string of the molecule is COC(=O)c1csc([C@@H](C[C@H](C(C)C)N(CCCN2C(=O)c3ccccc3C2O)C(=O)OC(C)(C)C)OC(C)=O)n1. The first kappa shape index (κ1) is 32.0. The molecule has 0 radical (unpaired) electrons. The van der Waals surface area contributed by atoms with E-state index < -0.39 is 42.0 Å². The first-order valence-electron chi connectivity index (χ1n) is 13.5. The van der Waals surface area contributed by atoms with Crippen molar-refractivity contribution in [1.82, 2.24) is 14.8 Å². The zero-order valence-corrected chi connectivity index (χ0v) is 25.4. The molecule has 1 unspecified atom stereocenters. The van der Waals surface area contributed by atoms with Crippen LogP contribution in [0, 0.1) is 5.92 Å². The molecule has 0 saturated carbocycles. The Kier molecular flexibility index (Phi) is 10.5. The highest BCUT2D eigenvalue weighted by molar-refractivity contribution is 7.09. The van der Waals surface area contributed by atoms with Gasteiger partial charge in [0.15, 0.2) is 18.0 Å². The fourth-order valence-corrected chi connectivity index (χ4v) is 5.54. The summed E-state index contributed by atoms with van der Waals surface area (Å²) < 4.78 is 16.1.